The van der Waals surface area contributed by atoms with E-state index in [1.165, 1.54) is 0 Å². The number of pyridine rings is 1. The molecule has 1 aliphatic rings. The van der Waals surface area contributed by atoms with Gasteiger partial charge < -0.3 is 10.2 Å². The van der Waals surface area contributed by atoms with Crippen molar-refractivity contribution in [1.29, 1.82) is 0 Å². The summed E-state index contributed by atoms with van der Waals surface area (Å²) in [6.45, 7) is 9.57. The largest absolute Gasteiger partial charge is 0.345 e. The fraction of sp³-hybridized carbons (Fsp3) is 0.312. The minimum atomic E-state index is -0.149. The Morgan fingerprint density at radius 1 is 0.789 bits per heavy atom. The lowest BCUT2D eigenvalue weighted by atomic mass is 9.99. The van der Waals surface area contributed by atoms with Crippen LogP contribution in [0, 0.1) is 0 Å². The van der Waals surface area contributed by atoms with E-state index in [1.807, 2.05) is 84.9 Å². The number of aromatic nitrogens is 1. The first-order valence-electron chi connectivity index (χ1n) is 13.6. The van der Waals surface area contributed by atoms with E-state index < -0.39 is 0 Å². The van der Waals surface area contributed by atoms with Crippen LogP contribution < -0.4 is 10.9 Å². The van der Waals surface area contributed by atoms with E-state index in [0.29, 0.717) is 22.9 Å². The van der Waals surface area contributed by atoms with Gasteiger partial charge in [0.25, 0.3) is 11.5 Å². The zero-order chi connectivity index (χ0) is 26.5. The summed E-state index contributed by atoms with van der Waals surface area (Å²) in [5.74, 6) is -0.149. The predicted octanol–water partition coefficient (Wildman–Crippen LogP) is 5.01. The molecule has 2 heterocycles. The van der Waals surface area contributed by atoms with E-state index in [2.05, 4.69) is 29.0 Å². The number of fused-ring (bicyclic) bond motifs is 1. The highest BCUT2D eigenvalue weighted by atomic mass is 16.2. The molecule has 1 aliphatic heterocycles. The Labute approximate surface area is 224 Å². The Balaban J connectivity index is 1.66. The van der Waals surface area contributed by atoms with Crippen LogP contribution >= 0.6 is 0 Å². The number of rotatable bonds is 8. The maximum atomic E-state index is 14.2. The van der Waals surface area contributed by atoms with Crippen LogP contribution in [-0.2, 0) is 6.54 Å². The molecule has 4 aromatic rings. The van der Waals surface area contributed by atoms with E-state index in [1.54, 1.807) is 4.57 Å². The van der Waals surface area contributed by atoms with Crippen molar-refractivity contribution in [2.24, 2.45) is 0 Å². The molecule has 1 saturated heterocycles. The van der Waals surface area contributed by atoms with Crippen LogP contribution in [0.2, 0.25) is 0 Å². The summed E-state index contributed by atoms with van der Waals surface area (Å²) in [5, 5.41) is 4.55. The second-order valence-corrected chi connectivity index (χ2v) is 9.90. The molecule has 0 spiro atoms. The van der Waals surface area contributed by atoms with Crippen molar-refractivity contribution in [3.8, 4) is 5.69 Å². The lowest BCUT2D eigenvalue weighted by Crippen LogP contribution is -2.46. The van der Waals surface area contributed by atoms with E-state index >= 15 is 0 Å². The zero-order valence-corrected chi connectivity index (χ0v) is 22.3. The SMILES string of the molecule is CC[C@H](NC(=O)c1c(CN2CCN(CC)CC2)n(-c2ccccc2)c(=O)c2ccccc12)c1ccccc1. The number of carbonyl (C=O) groups excluding carboxylic acids is 1. The van der Waals surface area contributed by atoms with Crippen molar-refractivity contribution >= 4 is 16.7 Å². The monoisotopic (exact) mass is 508 g/mol. The van der Waals surface area contributed by atoms with Crippen molar-refractivity contribution in [3.05, 3.63) is 112 Å². The molecule has 1 amide bonds. The molecule has 5 rings (SSSR count). The lowest BCUT2D eigenvalue weighted by molar-refractivity contribution is 0.0931. The fourth-order valence-electron chi connectivity index (χ4n) is 5.46. The second kappa shape index (κ2) is 11.8. The van der Waals surface area contributed by atoms with Gasteiger partial charge in [0.1, 0.15) is 0 Å². The van der Waals surface area contributed by atoms with Crippen LogP contribution in [0.25, 0.3) is 16.5 Å². The van der Waals surface area contributed by atoms with Gasteiger partial charge in [-0.05, 0) is 36.7 Å². The number of para-hydroxylation sites is 1. The van der Waals surface area contributed by atoms with Crippen molar-refractivity contribution in [2.75, 3.05) is 32.7 Å². The molecule has 3 aromatic carbocycles. The summed E-state index contributed by atoms with van der Waals surface area (Å²) in [6, 6.07) is 27.1. The standard InChI is InChI=1S/C32H36N4O2/c1-3-28(24-13-7-5-8-14-24)33-31(37)30-26-17-11-12-18-27(26)32(38)36(25-15-9-6-10-16-25)29(30)23-35-21-19-34(4-2)20-22-35/h5-18,28H,3-4,19-23H2,1-2H3,(H,33,37)/t28-/m0/s1. The number of likely N-dealkylation sites (N-methyl/N-ethyl adjacent to an activating group) is 1. The number of nitrogens with one attached hydrogen (secondary N) is 1. The average molecular weight is 509 g/mol. The number of amides is 1. The third kappa shape index (κ3) is 5.28. The summed E-state index contributed by atoms with van der Waals surface area (Å²) >= 11 is 0. The minimum absolute atomic E-state index is 0.0966. The van der Waals surface area contributed by atoms with E-state index in [9.17, 15) is 9.59 Å². The number of benzene rings is 3. The van der Waals surface area contributed by atoms with Gasteiger partial charge in [0, 0.05) is 49.2 Å². The van der Waals surface area contributed by atoms with Crippen LogP contribution in [0.5, 0.6) is 0 Å². The summed E-state index contributed by atoms with van der Waals surface area (Å²) in [7, 11) is 0. The fourth-order valence-corrected chi connectivity index (χ4v) is 5.46. The van der Waals surface area contributed by atoms with Gasteiger partial charge in [-0.15, -0.1) is 0 Å². The Bertz CT molecular complexity index is 1440. The Kier molecular flexibility index (Phi) is 8.01. The number of nitrogens with zero attached hydrogens (tertiary/aromatic N) is 3. The van der Waals surface area contributed by atoms with Crippen molar-refractivity contribution < 1.29 is 4.79 Å². The Morgan fingerprint density at radius 3 is 2.00 bits per heavy atom. The molecule has 0 saturated carbocycles. The summed E-state index contributed by atoms with van der Waals surface area (Å²) in [4.78, 5) is 33.0. The first kappa shape index (κ1) is 25.9. The first-order valence-corrected chi connectivity index (χ1v) is 13.6. The topological polar surface area (TPSA) is 57.6 Å². The van der Waals surface area contributed by atoms with Crippen molar-refractivity contribution in [3.63, 3.8) is 0 Å². The van der Waals surface area contributed by atoms with E-state index in [0.717, 1.165) is 56.1 Å². The number of hydrogen-bond acceptors (Lipinski definition) is 4. The van der Waals surface area contributed by atoms with Gasteiger partial charge in [-0.25, -0.2) is 0 Å². The third-order valence-electron chi connectivity index (χ3n) is 7.63. The van der Waals surface area contributed by atoms with Gasteiger partial charge in [-0.2, -0.15) is 0 Å². The Hall–Kier alpha value is -3.74. The summed E-state index contributed by atoms with van der Waals surface area (Å²) < 4.78 is 1.76. The molecule has 0 unspecified atom stereocenters. The van der Waals surface area contributed by atoms with Gasteiger partial charge in [0.2, 0.25) is 0 Å². The van der Waals surface area contributed by atoms with Crippen LogP contribution in [0.4, 0.5) is 0 Å². The molecule has 6 heteroatoms. The van der Waals surface area contributed by atoms with Crippen LogP contribution in [0.3, 0.4) is 0 Å². The molecule has 0 bridgehead atoms. The Morgan fingerprint density at radius 2 is 1.37 bits per heavy atom. The smallest absolute Gasteiger partial charge is 0.263 e. The molecule has 1 atom stereocenters. The number of carbonyl (C=O) groups is 1. The normalized spacial score (nSPS) is 15.4. The minimum Gasteiger partial charge on any atom is -0.345 e. The van der Waals surface area contributed by atoms with E-state index in [-0.39, 0.29) is 17.5 Å². The van der Waals surface area contributed by atoms with Crippen LogP contribution in [0.1, 0.15) is 47.9 Å². The highest BCUT2D eigenvalue weighted by Crippen LogP contribution is 2.26. The second-order valence-electron chi connectivity index (χ2n) is 9.90. The van der Waals surface area contributed by atoms with Gasteiger partial charge in [0.15, 0.2) is 0 Å². The molecule has 38 heavy (non-hydrogen) atoms. The highest BCUT2D eigenvalue weighted by molar-refractivity contribution is 6.08. The molecule has 1 N–H and O–H groups in total. The summed E-state index contributed by atoms with van der Waals surface area (Å²) in [5.41, 5.74) is 3.07. The van der Waals surface area contributed by atoms with Crippen molar-refractivity contribution in [1.82, 2.24) is 19.7 Å². The number of hydrogen-bond donors (Lipinski definition) is 1. The van der Waals surface area contributed by atoms with Crippen LogP contribution in [-0.4, -0.2) is 53.0 Å². The molecule has 6 nitrogen and oxygen atoms in total. The molecule has 1 fully saturated rings. The van der Waals surface area contributed by atoms with Crippen molar-refractivity contribution in [2.45, 2.75) is 32.9 Å². The molecular weight excluding hydrogens is 472 g/mol. The van der Waals surface area contributed by atoms with Gasteiger partial charge >= 0.3 is 0 Å². The van der Waals surface area contributed by atoms with Gasteiger partial charge in [0.05, 0.1) is 17.3 Å². The molecule has 0 aliphatic carbocycles. The average Bonchev–Trinajstić information content (AvgIpc) is 2.97. The predicted molar refractivity (Wildman–Crippen MR) is 154 cm³/mol. The highest BCUT2D eigenvalue weighted by Gasteiger charge is 2.27. The molecule has 196 valence electrons. The molecule has 0 radical (unpaired) electrons. The maximum Gasteiger partial charge on any atom is 0.263 e. The van der Waals surface area contributed by atoms with Crippen LogP contribution in [0.15, 0.2) is 89.7 Å². The summed E-state index contributed by atoms with van der Waals surface area (Å²) in [6.07, 6.45) is 0.764. The maximum absolute atomic E-state index is 14.2. The number of piperazine rings is 1. The van der Waals surface area contributed by atoms with Gasteiger partial charge in [-0.1, -0.05) is 80.6 Å². The first-order chi connectivity index (χ1) is 18.6. The zero-order valence-electron chi connectivity index (χ0n) is 22.3. The van der Waals surface area contributed by atoms with Gasteiger partial charge in [-0.3, -0.25) is 19.1 Å². The molecular formula is C32H36N4O2. The quantitative estimate of drug-likeness (QED) is 0.364. The lowest BCUT2D eigenvalue weighted by Gasteiger charge is -2.35. The third-order valence-corrected chi connectivity index (χ3v) is 7.63. The van der Waals surface area contributed by atoms with E-state index in [4.69, 9.17) is 0 Å². The molecule has 1 aromatic heterocycles.